The molecule has 3 heterocycles. The van der Waals surface area contributed by atoms with Crippen LogP contribution in [0.1, 0.15) is 59.8 Å². The van der Waals surface area contributed by atoms with Gasteiger partial charge < -0.3 is 15.3 Å². The standard InChI is InChI=1S/C24H29N5O3/c1-15(30)28-11-17(12-28)27-24-9-21(25-14-26-24)23(32)7-6-18(31)13-29-10-16-8-22(29)20-5-3-2-4-19(16)20/h2-5,9,14,16-18,22,31H,6-8,10-13H2,1H3,(H,25,26,27)/t16?,18-,22?/m0/s1. The second-order valence-corrected chi connectivity index (χ2v) is 9.20. The number of aliphatic hydroxyl groups excluding tert-OH is 1. The van der Waals surface area contributed by atoms with Crippen LogP contribution in [0.15, 0.2) is 36.7 Å². The number of amides is 1. The number of hydrogen-bond donors (Lipinski definition) is 2. The molecule has 1 aromatic heterocycles. The average Bonchev–Trinajstić information content (AvgIpc) is 3.33. The molecule has 5 rings (SSSR count). The number of fused-ring (bicyclic) bond motifs is 5. The van der Waals surface area contributed by atoms with Crippen LogP contribution < -0.4 is 5.32 Å². The number of rotatable bonds is 8. The number of aliphatic hydroxyl groups is 1. The van der Waals surface area contributed by atoms with Gasteiger partial charge >= 0.3 is 0 Å². The van der Waals surface area contributed by atoms with Gasteiger partial charge in [0.05, 0.1) is 12.1 Å². The van der Waals surface area contributed by atoms with E-state index in [0.717, 1.165) is 13.0 Å². The number of carbonyl (C=O) groups is 2. The lowest BCUT2D eigenvalue weighted by molar-refractivity contribution is -0.132. The first-order valence-electron chi connectivity index (χ1n) is 11.4. The van der Waals surface area contributed by atoms with E-state index in [4.69, 9.17) is 0 Å². The van der Waals surface area contributed by atoms with Crippen molar-refractivity contribution < 1.29 is 14.7 Å². The van der Waals surface area contributed by atoms with Gasteiger partial charge in [0.15, 0.2) is 5.78 Å². The first kappa shape index (κ1) is 21.0. The van der Waals surface area contributed by atoms with Gasteiger partial charge in [-0.1, -0.05) is 24.3 Å². The Hall–Kier alpha value is -2.84. The molecule has 0 radical (unpaired) electrons. The topological polar surface area (TPSA) is 98.7 Å². The average molecular weight is 436 g/mol. The minimum Gasteiger partial charge on any atom is -0.392 e. The van der Waals surface area contributed by atoms with Gasteiger partial charge in [-0.05, 0) is 29.9 Å². The van der Waals surface area contributed by atoms with E-state index in [-0.39, 0.29) is 24.2 Å². The Labute approximate surface area is 187 Å². The number of Topliss-reactive ketones (excluding diaryl/α,β-unsaturated/α-hetero) is 1. The molecule has 2 aliphatic heterocycles. The molecule has 0 saturated carbocycles. The van der Waals surface area contributed by atoms with Crippen molar-refractivity contribution >= 4 is 17.5 Å². The van der Waals surface area contributed by atoms with Crippen LogP contribution in [0.2, 0.25) is 0 Å². The van der Waals surface area contributed by atoms with Gasteiger partial charge in [0.25, 0.3) is 0 Å². The van der Waals surface area contributed by atoms with Crippen molar-refractivity contribution in [3.05, 3.63) is 53.5 Å². The molecule has 2 bridgehead atoms. The van der Waals surface area contributed by atoms with Crippen molar-refractivity contribution in [3.63, 3.8) is 0 Å². The van der Waals surface area contributed by atoms with Crippen LogP contribution in [-0.2, 0) is 4.79 Å². The molecule has 3 aliphatic rings. The number of aromatic nitrogens is 2. The lowest BCUT2D eigenvalue weighted by Crippen LogP contribution is -2.56. The van der Waals surface area contributed by atoms with E-state index < -0.39 is 6.10 Å². The summed E-state index contributed by atoms with van der Waals surface area (Å²) in [4.78, 5) is 36.3. The van der Waals surface area contributed by atoms with E-state index in [1.165, 1.54) is 17.5 Å². The fourth-order valence-electron chi connectivity index (χ4n) is 5.25. The fraction of sp³-hybridized carbons (Fsp3) is 0.500. The van der Waals surface area contributed by atoms with Crippen molar-refractivity contribution in [3.8, 4) is 0 Å². The third kappa shape index (κ3) is 4.12. The lowest BCUT2D eigenvalue weighted by atomic mass is 9.99. The van der Waals surface area contributed by atoms with Crippen molar-refractivity contribution in [1.29, 1.82) is 0 Å². The van der Waals surface area contributed by atoms with Crippen molar-refractivity contribution in [2.24, 2.45) is 0 Å². The maximum atomic E-state index is 12.6. The monoisotopic (exact) mass is 435 g/mol. The zero-order valence-corrected chi connectivity index (χ0v) is 18.3. The Balaban J connectivity index is 1.10. The molecule has 2 aromatic rings. The fourth-order valence-corrected chi connectivity index (χ4v) is 5.25. The van der Waals surface area contributed by atoms with Gasteiger partial charge in [0.1, 0.15) is 17.8 Å². The molecule has 2 N–H and O–H groups in total. The molecule has 1 amide bonds. The van der Waals surface area contributed by atoms with Crippen LogP contribution in [-0.4, -0.2) is 74.9 Å². The molecule has 2 unspecified atom stereocenters. The van der Waals surface area contributed by atoms with Crippen LogP contribution in [0, 0.1) is 0 Å². The molecule has 32 heavy (non-hydrogen) atoms. The molecular formula is C24H29N5O3. The summed E-state index contributed by atoms with van der Waals surface area (Å²) >= 11 is 0. The molecular weight excluding hydrogens is 406 g/mol. The molecule has 2 fully saturated rings. The van der Waals surface area contributed by atoms with Gasteiger partial charge in [0, 0.05) is 51.6 Å². The first-order chi connectivity index (χ1) is 15.5. The summed E-state index contributed by atoms with van der Waals surface area (Å²) in [5.41, 5.74) is 3.21. The Morgan fingerprint density at radius 2 is 1.97 bits per heavy atom. The number of likely N-dealkylation sites (tertiary alicyclic amines) is 2. The Kier molecular flexibility index (Phi) is 5.65. The molecule has 1 aliphatic carbocycles. The van der Waals surface area contributed by atoms with Crippen LogP contribution in [0.5, 0.6) is 0 Å². The van der Waals surface area contributed by atoms with Crippen LogP contribution in [0.4, 0.5) is 5.82 Å². The zero-order chi connectivity index (χ0) is 22.2. The van der Waals surface area contributed by atoms with E-state index in [9.17, 15) is 14.7 Å². The number of carbonyl (C=O) groups excluding carboxylic acids is 2. The predicted molar refractivity (Wildman–Crippen MR) is 119 cm³/mol. The Morgan fingerprint density at radius 3 is 2.75 bits per heavy atom. The zero-order valence-electron chi connectivity index (χ0n) is 18.3. The Morgan fingerprint density at radius 1 is 1.19 bits per heavy atom. The Bertz CT molecular complexity index is 1020. The van der Waals surface area contributed by atoms with Crippen molar-refractivity contribution in [2.75, 3.05) is 31.5 Å². The predicted octanol–water partition coefficient (Wildman–Crippen LogP) is 1.99. The smallest absolute Gasteiger partial charge is 0.219 e. The second-order valence-electron chi connectivity index (χ2n) is 9.20. The summed E-state index contributed by atoms with van der Waals surface area (Å²) in [6.07, 6.45) is 2.63. The molecule has 1 aromatic carbocycles. The first-order valence-corrected chi connectivity index (χ1v) is 11.4. The highest BCUT2D eigenvalue weighted by molar-refractivity contribution is 5.94. The van der Waals surface area contributed by atoms with Crippen LogP contribution in [0.25, 0.3) is 0 Å². The number of hydrogen-bond acceptors (Lipinski definition) is 7. The van der Waals surface area contributed by atoms with E-state index in [2.05, 4.69) is 44.5 Å². The van der Waals surface area contributed by atoms with Crippen molar-refractivity contribution in [2.45, 2.75) is 50.3 Å². The third-order valence-corrected chi connectivity index (χ3v) is 6.98. The van der Waals surface area contributed by atoms with E-state index in [1.807, 2.05) is 0 Å². The summed E-state index contributed by atoms with van der Waals surface area (Å²) in [7, 11) is 0. The quantitative estimate of drug-likeness (QED) is 0.612. The van der Waals surface area contributed by atoms with E-state index >= 15 is 0 Å². The van der Waals surface area contributed by atoms with Gasteiger partial charge in [-0.2, -0.15) is 0 Å². The van der Waals surface area contributed by atoms with Crippen LogP contribution >= 0.6 is 0 Å². The summed E-state index contributed by atoms with van der Waals surface area (Å²) in [5, 5.41) is 13.8. The third-order valence-electron chi connectivity index (χ3n) is 6.98. The highest BCUT2D eigenvalue weighted by Gasteiger charge is 2.42. The summed E-state index contributed by atoms with van der Waals surface area (Å²) in [6.45, 7) is 4.40. The normalized spacial score (nSPS) is 23.0. The number of ketones is 1. The maximum Gasteiger partial charge on any atom is 0.219 e. The van der Waals surface area contributed by atoms with Crippen molar-refractivity contribution in [1.82, 2.24) is 19.8 Å². The van der Waals surface area contributed by atoms with Gasteiger partial charge in [-0.15, -0.1) is 0 Å². The summed E-state index contributed by atoms with van der Waals surface area (Å²) in [5.74, 6) is 1.12. The second kappa shape index (κ2) is 8.60. The van der Waals surface area contributed by atoms with Gasteiger partial charge in [-0.25, -0.2) is 9.97 Å². The molecule has 2 saturated heterocycles. The highest BCUT2D eigenvalue weighted by atomic mass is 16.3. The summed E-state index contributed by atoms with van der Waals surface area (Å²) in [6, 6.07) is 10.8. The number of nitrogens with one attached hydrogen (secondary N) is 1. The molecule has 8 heteroatoms. The summed E-state index contributed by atoms with van der Waals surface area (Å²) < 4.78 is 0. The molecule has 168 valence electrons. The maximum absolute atomic E-state index is 12.6. The number of benzene rings is 1. The SMILES string of the molecule is CC(=O)N1CC(Nc2cc(C(=O)CC[C@H](O)CN3CC4CC3c3ccccc34)ncn2)C1. The molecule has 8 nitrogen and oxygen atoms in total. The minimum absolute atomic E-state index is 0.0612. The number of nitrogens with zero attached hydrogens (tertiary/aromatic N) is 4. The number of β-amino-alcohol motifs (C(OH)–C–C–N with tert-alkyl or cyclic N) is 1. The minimum atomic E-state index is -0.544. The molecule has 0 spiro atoms. The van der Waals surface area contributed by atoms with E-state index in [0.29, 0.717) is 49.5 Å². The van der Waals surface area contributed by atoms with E-state index in [1.54, 1.807) is 17.9 Å². The van der Waals surface area contributed by atoms with Crippen LogP contribution in [0.3, 0.4) is 0 Å². The van der Waals surface area contributed by atoms with Gasteiger partial charge in [-0.3, -0.25) is 14.5 Å². The lowest BCUT2D eigenvalue weighted by Gasteiger charge is -2.39. The largest absolute Gasteiger partial charge is 0.392 e. The molecule has 3 atom stereocenters. The van der Waals surface area contributed by atoms with Gasteiger partial charge in [0.2, 0.25) is 5.91 Å². The highest BCUT2D eigenvalue weighted by Crippen LogP contribution is 2.49. The number of anilines is 1.